The molecule has 1 saturated heterocycles. The molecule has 3 nitrogen and oxygen atoms in total. The van der Waals surface area contributed by atoms with Gasteiger partial charge in [0, 0.05) is 18.5 Å². The zero-order valence-corrected chi connectivity index (χ0v) is 14.6. The van der Waals surface area contributed by atoms with Gasteiger partial charge in [-0.1, -0.05) is 6.07 Å². The van der Waals surface area contributed by atoms with Gasteiger partial charge < -0.3 is 10.2 Å². The van der Waals surface area contributed by atoms with Gasteiger partial charge >= 0.3 is 6.18 Å². The Kier molecular flexibility index (Phi) is 5.15. The molecule has 0 spiro atoms. The Hall–Kier alpha value is -1.86. The summed E-state index contributed by atoms with van der Waals surface area (Å²) in [6, 6.07) is 8.72. The minimum Gasteiger partial charge on any atom is -0.321 e. The maximum absolute atomic E-state index is 12.6. The van der Waals surface area contributed by atoms with Crippen LogP contribution in [-0.2, 0) is 11.0 Å². The van der Waals surface area contributed by atoms with Crippen LogP contribution >= 0.6 is 11.3 Å². The number of rotatable bonds is 4. The van der Waals surface area contributed by atoms with E-state index in [-0.39, 0.29) is 11.9 Å². The molecular weight excluding hydrogens is 349 g/mol. The van der Waals surface area contributed by atoms with Gasteiger partial charge in [0.15, 0.2) is 6.04 Å². The van der Waals surface area contributed by atoms with E-state index >= 15 is 0 Å². The number of nitrogens with one attached hydrogen (secondary N) is 2. The van der Waals surface area contributed by atoms with Gasteiger partial charge in [-0.2, -0.15) is 13.2 Å². The van der Waals surface area contributed by atoms with Crippen LogP contribution in [-0.4, -0.2) is 18.5 Å². The number of likely N-dealkylation sites (tertiary alicyclic amines) is 1. The summed E-state index contributed by atoms with van der Waals surface area (Å²) in [5, 5.41) is 4.78. The lowest BCUT2D eigenvalue weighted by Gasteiger charge is -2.26. The number of carbonyl (C=O) groups excluding carboxylic acids is 1. The highest BCUT2D eigenvalue weighted by Crippen LogP contribution is 2.30. The minimum atomic E-state index is -4.37. The maximum atomic E-state index is 12.6. The molecule has 25 heavy (non-hydrogen) atoms. The topological polar surface area (TPSA) is 33.5 Å². The van der Waals surface area contributed by atoms with Crippen molar-refractivity contribution in [2.24, 2.45) is 0 Å². The molecule has 0 bridgehead atoms. The third-order valence-electron chi connectivity index (χ3n) is 4.72. The number of quaternary nitrogens is 1. The van der Waals surface area contributed by atoms with Crippen molar-refractivity contribution in [3.05, 3.63) is 52.2 Å². The molecule has 1 aromatic carbocycles. The van der Waals surface area contributed by atoms with Crippen molar-refractivity contribution in [1.29, 1.82) is 0 Å². The summed E-state index contributed by atoms with van der Waals surface area (Å²) in [6.07, 6.45) is -2.26. The average Bonchev–Trinajstić information content (AvgIpc) is 3.24. The monoisotopic (exact) mass is 369 g/mol. The Labute approximate surface area is 148 Å². The van der Waals surface area contributed by atoms with Crippen LogP contribution in [0.15, 0.2) is 41.8 Å². The van der Waals surface area contributed by atoms with Crippen LogP contribution in [0.25, 0.3) is 0 Å². The van der Waals surface area contributed by atoms with Gasteiger partial charge in [0.1, 0.15) is 6.04 Å². The van der Waals surface area contributed by atoms with Crippen molar-refractivity contribution < 1.29 is 22.9 Å². The highest BCUT2D eigenvalue weighted by molar-refractivity contribution is 7.10. The fraction of sp³-hybridized carbons (Fsp3) is 0.389. The predicted octanol–water partition coefficient (Wildman–Crippen LogP) is 3.51. The molecule has 3 rings (SSSR count). The second kappa shape index (κ2) is 7.17. The first-order chi connectivity index (χ1) is 11.9. The molecule has 2 N–H and O–H groups in total. The second-order valence-corrected chi connectivity index (χ2v) is 7.30. The lowest BCUT2D eigenvalue weighted by molar-refractivity contribution is -0.931. The first-order valence-electron chi connectivity index (χ1n) is 8.23. The number of alkyl halides is 3. The van der Waals surface area contributed by atoms with Crippen molar-refractivity contribution in [3.8, 4) is 0 Å². The van der Waals surface area contributed by atoms with Crippen molar-refractivity contribution in [2.45, 2.75) is 38.0 Å². The summed E-state index contributed by atoms with van der Waals surface area (Å²) < 4.78 is 37.8. The van der Waals surface area contributed by atoms with E-state index in [0.717, 1.165) is 31.5 Å². The van der Waals surface area contributed by atoms with Crippen molar-refractivity contribution in [3.63, 3.8) is 0 Å². The SMILES string of the molecule is C[C@@H](C(=O)Nc1ccc(C(F)(F)F)cc1)[NH+]1CCC[C@@H]1c1cccs1. The first kappa shape index (κ1) is 17.9. The van der Waals surface area contributed by atoms with E-state index < -0.39 is 11.7 Å². The number of anilines is 1. The maximum Gasteiger partial charge on any atom is 0.416 e. The summed E-state index contributed by atoms with van der Waals surface area (Å²) in [5.74, 6) is -0.168. The number of amides is 1. The van der Waals surface area contributed by atoms with Crippen LogP contribution in [0.1, 0.15) is 36.2 Å². The first-order valence-corrected chi connectivity index (χ1v) is 9.11. The van der Waals surface area contributed by atoms with Gasteiger partial charge in [0.05, 0.1) is 17.0 Å². The van der Waals surface area contributed by atoms with Gasteiger partial charge in [0.25, 0.3) is 5.91 Å². The predicted molar refractivity (Wildman–Crippen MR) is 91.7 cm³/mol. The van der Waals surface area contributed by atoms with E-state index in [4.69, 9.17) is 0 Å². The molecule has 0 aliphatic carbocycles. The van der Waals surface area contributed by atoms with Crippen LogP contribution in [0.5, 0.6) is 0 Å². The normalized spacial score (nSPS) is 21.9. The lowest BCUT2D eigenvalue weighted by Crippen LogP contribution is -3.15. The molecule has 0 radical (unpaired) electrons. The molecule has 0 saturated carbocycles. The van der Waals surface area contributed by atoms with Crippen LogP contribution < -0.4 is 10.2 Å². The minimum absolute atomic E-state index is 0.168. The molecule has 1 unspecified atom stereocenters. The summed E-state index contributed by atoms with van der Waals surface area (Å²) in [6.45, 7) is 2.80. The van der Waals surface area contributed by atoms with Gasteiger partial charge in [-0.3, -0.25) is 4.79 Å². The van der Waals surface area contributed by atoms with Gasteiger partial charge in [-0.25, -0.2) is 0 Å². The Balaban J connectivity index is 1.66. The highest BCUT2D eigenvalue weighted by atomic mass is 32.1. The molecule has 7 heteroatoms. The Morgan fingerprint density at radius 3 is 2.60 bits per heavy atom. The van der Waals surface area contributed by atoms with E-state index in [1.54, 1.807) is 11.3 Å². The van der Waals surface area contributed by atoms with E-state index in [9.17, 15) is 18.0 Å². The standard InChI is InChI=1S/C18H19F3N2OS/c1-12(23-10-2-4-15(23)16-5-3-11-25-16)17(24)22-14-8-6-13(7-9-14)18(19,20)21/h3,5-9,11-12,15H,2,4,10H2,1H3,(H,22,24)/p+1/t12-,15+/m0/s1. The van der Waals surface area contributed by atoms with E-state index in [0.29, 0.717) is 11.7 Å². The number of thiophene rings is 1. The Bertz CT molecular complexity index is 713. The quantitative estimate of drug-likeness (QED) is 0.850. The molecule has 1 amide bonds. The van der Waals surface area contributed by atoms with E-state index in [1.165, 1.54) is 21.9 Å². The van der Waals surface area contributed by atoms with Gasteiger partial charge in [-0.15, -0.1) is 11.3 Å². The molecule has 2 aromatic rings. The zero-order valence-electron chi connectivity index (χ0n) is 13.8. The molecule has 1 fully saturated rings. The molecule has 134 valence electrons. The molecule has 2 heterocycles. The average molecular weight is 369 g/mol. The molecule has 1 aliphatic rings. The summed E-state index contributed by atoms with van der Waals surface area (Å²) in [5.41, 5.74) is -0.336. The van der Waals surface area contributed by atoms with Crippen molar-refractivity contribution in [1.82, 2.24) is 0 Å². The van der Waals surface area contributed by atoms with Crippen molar-refractivity contribution in [2.75, 3.05) is 11.9 Å². The van der Waals surface area contributed by atoms with E-state index in [2.05, 4.69) is 11.4 Å². The lowest BCUT2D eigenvalue weighted by atomic mass is 10.1. The third-order valence-corrected chi connectivity index (χ3v) is 5.71. The summed E-state index contributed by atoms with van der Waals surface area (Å²) >= 11 is 1.70. The fourth-order valence-corrected chi connectivity index (χ4v) is 4.27. The van der Waals surface area contributed by atoms with Crippen LogP contribution in [0.3, 0.4) is 0 Å². The number of hydrogen-bond donors (Lipinski definition) is 2. The highest BCUT2D eigenvalue weighted by Gasteiger charge is 2.37. The largest absolute Gasteiger partial charge is 0.416 e. The number of benzene rings is 1. The number of halogens is 3. The van der Waals surface area contributed by atoms with Gasteiger partial charge in [-0.05, 0) is 42.6 Å². The summed E-state index contributed by atoms with van der Waals surface area (Å²) in [4.78, 5) is 15.0. The van der Waals surface area contributed by atoms with Gasteiger partial charge in [0.2, 0.25) is 0 Å². The number of hydrogen-bond acceptors (Lipinski definition) is 2. The third kappa shape index (κ3) is 4.04. The van der Waals surface area contributed by atoms with E-state index in [1.807, 2.05) is 18.4 Å². The Morgan fingerprint density at radius 1 is 1.28 bits per heavy atom. The van der Waals surface area contributed by atoms with Crippen LogP contribution in [0.2, 0.25) is 0 Å². The van der Waals surface area contributed by atoms with Crippen LogP contribution in [0.4, 0.5) is 18.9 Å². The molecule has 1 aliphatic heterocycles. The zero-order chi connectivity index (χ0) is 18.0. The smallest absolute Gasteiger partial charge is 0.321 e. The molecular formula is C18H20F3N2OS+. The number of carbonyl (C=O) groups is 1. The second-order valence-electron chi connectivity index (χ2n) is 6.32. The van der Waals surface area contributed by atoms with Crippen LogP contribution in [0, 0.1) is 0 Å². The molecule has 1 aromatic heterocycles. The molecule has 3 atom stereocenters. The Morgan fingerprint density at radius 2 is 2.00 bits per heavy atom. The fourth-order valence-electron chi connectivity index (χ4n) is 3.36. The van der Waals surface area contributed by atoms with Crippen molar-refractivity contribution >= 4 is 22.9 Å². The summed E-state index contributed by atoms with van der Waals surface area (Å²) in [7, 11) is 0.